The lowest BCUT2D eigenvalue weighted by Crippen LogP contribution is -2.31. The minimum absolute atomic E-state index is 0.356. The molecule has 0 bridgehead atoms. The second-order valence-corrected chi connectivity index (χ2v) is 4.98. The van der Waals surface area contributed by atoms with Crippen LogP contribution >= 0.6 is 11.6 Å². The van der Waals surface area contributed by atoms with Gasteiger partial charge in [0.15, 0.2) is 0 Å². The Labute approximate surface area is 119 Å². The zero-order valence-electron chi connectivity index (χ0n) is 11.7. The summed E-state index contributed by atoms with van der Waals surface area (Å²) >= 11 is 6.12. The Bertz CT molecular complexity index is 413. The van der Waals surface area contributed by atoms with Gasteiger partial charge in [-0.3, -0.25) is 0 Å². The van der Waals surface area contributed by atoms with Crippen LogP contribution in [0.15, 0.2) is 12.1 Å². The van der Waals surface area contributed by atoms with E-state index in [-0.39, 0.29) is 6.04 Å². The summed E-state index contributed by atoms with van der Waals surface area (Å²) in [6.07, 6.45) is -0.109. The molecular formula is C14H23ClN2O2. The van der Waals surface area contributed by atoms with Crippen molar-refractivity contribution < 1.29 is 9.84 Å². The van der Waals surface area contributed by atoms with Crippen molar-refractivity contribution in [2.24, 2.45) is 5.73 Å². The molecule has 0 aliphatic rings. The minimum Gasteiger partial charge on any atom is -0.493 e. The molecule has 0 heterocycles. The average molecular weight is 287 g/mol. The Hall–Kier alpha value is -0.810. The summed E-state index contributed by atoms with van der Waals surface area (Å²) in [6, 6.07) is 3.23. The first-order valence-corrected chi connectivity index (χ1v) is 6.90. The van der Waals surface area contributed by atoms with E-state index in [4.69, 9.17) is 22.1 Å². The van der Waals surface area contributed by atoms with Gasteiger partial charge in [-0.2, -0.15) is 0 Å². The van der Waals surface area contributed by atoms with E-state index in [1.807, 2.05) is 27.0 Å². The molecule has 4 nitrogen and oxygen atoms in total. The molecule has 108 valence electrons. The van der Waals surface area contributed by atoms with E-state index in [2.05, 4.69) is 5.32 Å². The second-order valence-electron chi connectivity index (χ2n) is 4.57. The van der Waals surface area contributed by atoms with E-state index in [0.717, 1.165) is 12.1 Å². The molecule has 0 aliphatic carbocycles. The number of nitrogens with one attached hydrogen (secondary N) is 1. The van der Waals surface area contributed by atoms with Gasteiger partial charge in [-0.15, -0.1) is 0 Å². The van der Waals surface area contributed by atoms with Crippen LogP contribution in [0.1, 0.15) is 30.6 Å². The highest BCUT2D eigenvalue weighted by Crippen LogP contribution is 2.32. The molecule has 0 saturated carbocycles. The monoisotopic (exact) mass is 286 g/mol. The Morgan fingerprint density at radius 3 is 2.74 bits per heavy atom. The molecular weight excluding hydrogens is 264 g/mol. The lowest BCUT2D eigenvalue weighted by atomic mass is 9.98. The van der Waals surface area contributed by atoms with Gasteiger partial charge in [0.1, 0.15) is 5.75 Å². The SMILES string of the molecule is CCOc1cc(C)c(Cl)cc1C(O)C(N)CCNC. The van der Waals surface area contributed by atoms with Gasteiger partial charge in [0.05, 0.1) is 12.7 Å². The lowest BCUT2D eigenvalue weighted by molar-refractivity contribution is 0.137. The average Bonchev–Trinajstić information content (AvgIpc) is 2.39. The highest BCUT2D eigenvalue weighted by molar-refractivity contribution is 6.31. The summed E-state index contributed by atoms with van der Waals surface area (Å²) in [4.78, 5) is 0. The third-order valence-electron chi connectivity index (χ3n) is 3.04. The van der Waals surface area contributed by atoms with Crippen molar-refractivity contribution in [1.29, 1.82) is 0 Å². The molecule has 2 atom stereocenters. The fraction of sp³-hybridized carbons (Fsp3) is 0.571. The van der Waals surface area contributed by atoms with Crippen molar-refractivity contribution in [1.82, 2.24) is 5.32 Å². The normalized spacial score (nSPS) is 14.2. The molecule has 0 saturated heterocycles. The largest absolute Gasteiger partial charge is 0.493 e. The summed E-state index contributed by atoms with van der Waals surface area (Å²) < 4.78 is 5.56. The summed E-state index contributed by atoms with van der Waals surface area (Å²) in [5.41, 5.74) is 7.57. The molecule has 2 unspecified atom stereocenters. The zero-order chi connectivity index (χ0) is 14.4. The number of aryl methyl sites for hydroxylation is 1. The molecule has 0 amide bonds. The van der Waals surface area contributed by atoms with Crippen molar-refractivity contribution in [3.05, 3.63) is 28.3 Å². The molecule has 1 aromatic rings. The van der Waals surface area contributed by atoms with Crippen LogP contribution in [0.25, 0.3) is 0 Å². The number of aliphatic hydroxyl groups excluding tert-OH is 1. The smallest absolute Gasteiger partial charge is 0.125 e. The standard InChI is InChI=1S/C14H23ClN2O2/c1-4-19-13-7-9(2)11(15)8-10(13)14(18)12(16)5-6-17-3/h7-8,12,14,17-18H,4-6,16H2,1-3H3. The number of ether oxygens (including phenoxy) is 1. The highest BCUT2D eigenvalue weighted by Gasteiger charge is 2.21. The molecule has 1 rings (SSSR count). The van der Waals surface area contributed by atoms with Gasteiger partial charge in [0, 0.05) is 16.6 Å². The van der Waals surface area contributed by atoms with Gasteiger partial charge < -0.3 is 20.9 Å². The number of hydrogen-bond donors (Lipinski definition) is 3. The molecule has 0 fully saturated rings. The van der Waals surface area contributed by atoms with Crippen LogP contribution in [0.4, 0.5) is 0 Å². The molecule has 0 spiro atoms. The number of aliphatic hydroxyl groups is 1. The maximum Gasteiger partial charge on any atom is 0.125 e. The molecule has 4 N–H and O–H groups in total. The van der Waals surface area contributed by atoms with Gasteiger partial charge in [0.2, 0.25) is 0 Å². The van der Waals surface area contributed by atoms with E-state index in [0.29, 0.717) is 29.4 Å². The van der Waals surface area contributed by atoms with Crippen LogP contribution in [-0.4, -0.2) is 31.3 Å². The van der Waals surface area contributed by atoms with Crippen LogP contribution in [-0.2, 0) is 0 Å². The van der Waals surface area contributed by atoms with E-state index >= 15 is 0 Å². The first-order chi connectivity index (χ1) is 9.01. The van der Waals surface area contributed by atoms with Crippen molar-refractivity contribution in [2.45, 2.75) is 32.4 Å². The molecule has 0 radical (unpaired) electrons. The van der Waals surface area contributed by atoms with Crippen molar-refractivity contribution in [3.63, 3.8) is 0 Å². The van der Waals surface area contributed by atoms with Crippen LogP contribution in [0.3, 0.4) is 0 Å². The highest BCUT2D eigenvalue weighted by atomic mass is 35.5. The van der Waals surface area contributed by atoms with Gasteiger partial charge in [-0.1, -0.05) is 11.6 Å². The van der Waals surface area contributed by atoms with Gasteiger partial charge in [-0.05, 0) is 51.6 Å². The summed E-state index contributed by atoms with van der Waals surface area (Å²) in [5, 5.41) is 14.0. The first kappa shape index (κ1) is 16.2. The van der Waals surface area contributed by atoms with Crippen LogP contribution in [0, 0.1) is 6.92 Å². The Kier molecular flexibility index (Phi) is 6.58. The summed E-state index contributed by atoms with van der Waals surface area (Å²) in [7, 11) is 1.85. The zero-order valence-corrected chi connectivity index (χ0v) is 12.5. The van der Waals surface area contributed by atoms with E-state index < -0.39 is 6.10 Å². The maximum atomic E-state index is 10.3. The van der Waals surface area contributed by atoms with Crippen LogP contribution in [0.2, 0.25) is 5.02 Å². The molecule has 0 aliphatic heterocycles. The maximum absolute atomic E-state index is 10.3. The number of hydrogen-bond acceptors (Lipinski definition) is 4. The fourth-order valence-corrected chi connectivity index (χ4v) is 2.05. The van der Waals surface area contributed by atoms with Gasteiger partial charge >= 0.3 is 0 Å². The number of halogens is 1. The third kappa shape index (κ3) is 4.35. The van der Waals surface area contributed by atoms with E-state index in [1.54, 1.807) is 6.07 Å². The van der Waals surface area contributed by atoms with Crippen LogP contribution in [0.5, 0.6) is 5.75 Å². The molecule has 1 aromatic carbocycles. The first-order valence-electron chi connectivity index (χ1n) is 6.52. The molecule has 5 heteroatoms. The number of rotatable bonds is 7. The van der Waals surface area contributed by atoms with Crippen molar-refractivity contribution in [2.75, 3.05) is 20.2 Å². The second kappa shape index (κ2) is 7.70. The quantitative estimate of drug-likeness (QED) is 0.717. The summed E-state index contributed by atoms with van der Waals surface area (Å²) in [5.74, 6) is 0.650. The lowest BCUT2D eigenvalue weighted by Gasteiger charge is -2.22. The van der Waals surface area contributed by atoms with E-state index in [9.17, 15) is 5.11 Å². The predicted molar refractivity (Wildman–Crippen MR) is 78.8 cm³/mol. The fourth-order valence-electron chi connectivity index (χ4n) is 1.88. The summed E-state index contributed by atoms with van der Waals surface area (Å²) in [6.45, 7) is 5.09. The predicted octanol–water partition coefficient (Wildman–Crippen LogP) is 2.02. The van der Waals surface area contributed by atoms with E-state index in [1.165, 1.54) is 0 Å². The van der Waals surface area contributed by atoms with Gasteiger partial charge in [0.25, 0.3) is 0 Å². The Morgan fingerprint density at radius 2 is 2.16 bits per heavy atom. The topological polar surface area (TPSA) is 67.5 Å². The van der Waals surface area contributed by atoms with Gasteiger partial charge in [-0.25, -0.2) is 0 Å². The van der Waals surface area contributed by atoms with Crippen molar-refractivity contribution >= 4 is 11.6 Å². The third-order valence-corrected chi connectivity index (χ3v) is 3.45. The Morgan fingerprint density at radius 1 is 1.47 bits per heavy atom. The molecule has 0 aromatic heterocycles. The minimum atomic E-state index is -0.784. The Balaban J connectivity index is 2.99. The van der Waals surface area contributed by atoms with Crippen LogP contribution < -0.4 is 15.8 Å². The number of nitrogens with two attached hydrogens (primary N) is 1. The number of benzene rings is 1. The molecule has 19 heavy (non-hydrogen) atoms. The van der Waals surface area contributed by atoms with Crippen molar-refractivity contribution in [3.8, 4) is 5.75 Å².